The van der Waals surface area contributed by atoms with Crippen LogP contribution in [0.5, 0.6) is 0 Å². The second-order valence-corrected chi connectivity index (χ2v) is 11.2. The molecule has 0 radical (unpaired) electrons. The highest BCUT2D eigenvalue weighted by Crippen LogP contribution is 2.26. The number of thiocarbonyl (C=S) groups is 2. The van der Waals surface area contributed by atoms with Crippen LogP contribution in [0.3, 0.4) is 0 Å². The number of carbonyl (C=O) groups excluding carboxylic acids is 3. The van der Waals surface area contributed by atoms with Crippen molar-refractivity contribution in [3.63, 3.8) is 0 Å². The third-order valence-electron chi connectivity index (χ3n) is 6.77. The summed E-state index contributed by atoms with van der Waals surface area (Å²) in [5, 5.41) is 6.10. The molecule has 0 spiro atoms. The van der Waals surface area contributed by atoms with Crippen molar-refractivity contribution < 1.29 is 19.1 Å². The van der Waals surface area contributed by atoms with Crippen molar-refractivity contribution in [2.75, 3.05) is 20.2 Å². The highest BCUT2D eigenvalue weighted by Gasteiger charge is 2.43. The summed E-state index contributed by atoms with van der Waals surface area (Å²) < 4.78 is 4.94. The number of methoxy groups -OCH3 is 1. The molecule has 10 heteroatoms. The lowest BCUT2D eigenvalue weighted by molar-refractivity contribution is -0.144. The summed E-state index contributed by atoms with van der Waals surface area (Å²) in [7, 11) is 1.37. The molecule has 2 amide bonds. The molecule has 2 fully saturated rings. The Balaban J connectivity index is 1.68. The van der Waals surface area contributed by atoms with Crippen LogP contribution < -0.4 is 10.6 Å². The molecular formula is C26H36N4O4S2. The van der Waals surface area contributed by atoms with E-state index in [4.69, 9.17) is 29.2 Å². The van der Waals surface area contributed by atoms with Crippen LogP contribution in [0.25, 0.3) is 0 Å². The van der Waals surface area contributed by atoms with Gasteiger partial charge in [-0.2, -0.15) is 0 Å². The van der Waals surface area contributed by atoms with E-state index in [0.29, 0.717) is 41.5 Å². The van der Waals surface area contributed by atoms with Gasteiger partial charge in [0.25, 0.3) is 5.91 Å². The number of esters is 1. The molecule has 8 nitrogen and oxygen atoms in total. The number of amides is 2. The molecule has 36 heavy (non-hydrogen) atoms. The number of benzene rings is 1. The number of rotatable bonds is 7. The Morgan fingerprint density at radius 3 is 1.92 bits per heavy atom. The molecule has 3 rings (SSSR count). The van der Waals surface area contributed by atoms with Gasteiger partial charge in [0.05, 0.1) is 18.2 Å². The maximum atomic E-state index is 13.5. The van der Waals surface area contributed by atoms with E-state index >= 15 is 0 Å². The Kier molecular flexibility index (Phi) is 8.71. The lowest BCUT2D eigenvalue weighted by Gasteiger charge is -2.39. The monoisotopic (exact) mass is 532 g/mol. The minimum atomic E-state index is -0.851. The molecule has 1 aromatic rings. The number of likely N-dealkylation sites (tertiary alicyclic amines) is 2. The average Bonchev–Trinajstić information content (AvgIpc) is 3.52. The summed E-state index contributed by atoms with van der Waals surface area (Å²) in [4.78, 5) is 43.2. The Labute approximate surface area is 224 Å². The van der Waals surface area contributed by atoms with Gasteiger partial charge in [-0.25, -0.2) is 4.79 Å². The van der Waals surface area contributed by atoms with E-state index in [1.54, 1.807) is 12.1 Å². The van der Waals surface area contributed by atoms with E-state index in [2.05, 4.69) is 10.6 Å². The van der Waals surface area contributed by atoms with Gasteiger partial charge in [-0.1, -0.05) is 42.6 Å². The lowest BCUT2D eigenvalue weighted by Crippen LogP contribution is -2.62. The number of carbonyl (C=O) groups is 3. The lowest BCUT2D eigenvalue weighted by atomic mass is 10.0. The average molecular weight is 533 g/mol. The molecule has 2 atom stereocenters. The molecule has 0 aromatic heterocycles. The third-order valence-corrected chi connectivity index (χ3v) is 8.26. The molecule has 2 heterocycles. The van der Waals surface area contributed by atoms with Gasteiger partial charge in [0.2, 0.25) is 5.91 Å². The predicted octanol–water partition coefficient (Wildman–Crippen LogP) is 2.85. The highest BCUT2D eigenvalue weighted by atomic mass is 32.1. The number of ether oxygens (including phenoxy) is 1. The summed E-state index contributed by atoms with van der Waals surface area (Å²) in [6.45, 7) is 8.67. The van der Waals surface area contributed by atoms with Crippen LogP contribution in [0.15, 0.2) is 30.3 Å². The fourth-order valence-corrected chi connectivity index (χ4v) is 5.37. The fourth-order valence-electron chi connectivity index (χ4n) is 4.84. The fraction of sp³-hybridized carbons (Fsp3) is 0.577. The minimum absolute atomic E-state index is 0.179. The van der Waals surface area contributed by atoms with Crippen molar-refractivity contribution in [1.82, 2.24) is 20.4 Å². The second-order valence-electron chi connectivity index (χ2n) is 10.4. The molecule has 196 valence electrons. The number of nitrogens with zero attached hydrogens (tertiary/aromatic N) is 2. The Morgan fingerprint density at radius 2 is 1.36 bits per heavy atom. The molecule has 0 unspecified atom stereocenters. The summed E-state index contributed by atoms with van der Waals surface area (Å²) in [6, 6.07) is 8.07. The SMILES string of the molecule is COC(=O)[C@@H]1CCCN1C(=S)C(C)(C)NC(=O)[C@@H]1CCCN1C(=S)C(C)(C)NC(=O)c1ccccc1. The van der Waals surface area contributed by atoms with E-state index in [1.165, 1.54) is 7.11 Å². The number of hydrogen-bond acceptors (Lipinski definition) is 6. The zero-order valence-corrected chi connectivity index (χ0v) is 23.3. The largest absolute Gasteiger partial charge is 0.467 e. The van der Waals surface area contributed by atoms with Crippen molar-refractivity contribution in [3.05, 3.63) is 35.9 Å². The molecule has 2 N–H and O–H groups in total. The van der Waals surface area contributed by atoms with Crippen LogP contribution in [0, 0.1) is 0 Å². The molecule has 0 bridgehead atoms. The van der Waals surface area contributed by atoms with Gasteiger partial charge in [-0.15, -0.1) is 0 Å². The number of hydrogen-bond donors (Lipinski definition) is 2. The van der Waals surface area contributed by atoms with Crippen molar-refractivity contribution >= 4 is 52.2 Å². The molecule has 2 aliphatic rings. The van der Waals surface area contributed by atoms with Crippen molar-refractivity contribution in [3.8, 4) is 0 Å². The number of nitrogens with one attached hydrogen (secondary N) is 2. The summed E-state index contributed by atoms with van der Waals surface area (Å²) in [5.41, 5.74) is -1.14. The van der Waals surface area contributed by atoms with Crippen molar-refractivity contribution in [1.29, 1.82) is 0 Å². The van der Waals surface area contributed by atoms with Crippen LogP contribution in [0.1, 0.15) is 63.7 Å². The van der Waals surface area contributed by atoms with Gasteiger partial charge >= 0.3 is 5.97 Å². The van der Waals surface area contributed by atoms with E-state index in [1.807, 2.05) is 55.7 Å². The van der Waals surface area contributed by atoms with Crippen LogP contribution in [-0.4, -0.2) is 80.9 Å². The van der Waals surface area contributed by atoms with Gasteiger partial charge in [-0.3, -0.25) is 9.59 Å². The molecular weight excluding hydrogens is 496 g/mol. The van der Waals surface area contributed by atoms with E-state index in [-0.39, 0.29) is 17.8 Å². The standard InChI is InChI=1S/C26H36N4O4S2/c1-25(2,27-20(31)17-11-7-6-8-12-17)23(35)29-15-9-13-18(29)21(32)28-26(3,4)24(36)30-16-10-14-19(30)22(33)34-5/h6-8,11-12,18-19H,9-10,13-16H2,1-5H3,(H,27,31)(H,28,32)/t18-,19-/m0/s1. The zero-order valence-electron chi connectivity index (χ0n) is 21.6. The van der Waals surface area contributed by atoms with Gasteiger partial charge in [0.1, 0.15) is 22.1 Å². The Bertz CT molecular complexity index is 1030. The summed E-state index contributed by atoms with van der Waals surface area (Å²) in [6.07, 6.45) is 2.96. The second kappa shape index (κ2) is 11.2. The molecule has 2 aliphatic heterocycles. The quantitative estimate of drug-likeness (QED) is 0.409. The highest BCUT2D eigenvalue weighted by molar-refractivity contribution is 7.80. The van der Waals surface area contributed by atoms with Gasteiger partial charge in [-0.05, 0) is 65.5 Å². The van der Waals surface area contributed by atoms with Crippen LogP contribution >= 0.6 is 24.4 Å². The van der Waals surface area contributed by atoms with Crippen LogP contribution in [0.4, 0.5) is 0 Å². The minimum Gasteiger partial charge on any atom is -0.467 e. The Morgan fingerprint density at radius 1 is 0.861 bits per heavy atom. The normalized spacial score (nSPS) is 20.1. The van der Waals surface area contributed by atoms with Gasteiger partial charge in [0.15, 0.2) is 0 Å². The third kappa shape index (κ3) is 6.03. The first-order valence-corrected chi connectivity index (χ1v) is 13.1. The van der Waals surface area contributed by atoms with E-state index in [9.17, 15) is 14.4 Å². The predicted molar refractivity (Wildman–Crippen MR) is 147 cm³/mol. The smallest absolute Gasteiger partial charge is 0.328 e. The maximum Gasteiger partial charge on any atom is 0.328 e. The first kappa shape index (κ1) is 28.0. The van der Waals surface area contributed by atoms with Gasteiger partial charge in [0, 0.05) is 18.7 Å². The van der Waals surface area contributed by atoms with Gasteiger partial charge < -0.3 is 25.2 Å². The van der Waals surface area contributed by atoms with E-state index in [0.717, 1.165) is 12.8 Å². The first-order chi connectivity index (χ1) is 16.9. The first-order valence-electron chi connectivity index (χ1n) is 12.3. The molecule has 1 aromatic carbocycles. The Hall–Kier alpha value is -2.59. The summed E-state index contributed by atoms with van der Waals surface area (Å²) >= 11 is 11.5. The zero-order chi connectivity index (χ0) is 26.7. The molecule has 0 saturated carbocycles. The summed E-state index contributed by atoms with van der Waals surface area (Å²) in [5.74, 6) is -0.717. The van der Waals surface area contributed by atoms with E-state index < -0.39 is 23.2 Å². The molecule has 0 aliphatic carbocycles. The topological polar surface area (TPSA) is 91.0 Å². The molecule has 2 saturated heterocycles. The van der Waals surface area contributed by atoms with Crippen molar-refractivity contribution in [2.45, 2.75) is 76.5 Å². The van der Waals surface area contributed by atoms with Crippen LogP contribution in [0.2, 0.25) is 0 Å². The van der Waals surface area contributed by atoms with Crippen LogP contribution in [-0.2, 0) is 14.3 Å². The maximum absolute atomic E-state index is 13.5. The van der Waals surface area contributed by atoms with Crippen molar-refractivity contribution in [2.24, 2.45) is 0 Å².